The van der Waals surface area contributed by atoms with Crippen molar-refractivity contribution in [2.45, 2.75) is 31.4 Å². The first-order valence-corrected chi connectivity index (χ1v) is 14.6. The molecule has 2 heterocycles. The lowest BCUT2D eigenvalue weighted by Crippen LogP contribution is -2.52. The van der Waals surface area contributed by atoms with Crippen molar-refractivity contribution in [3.05, 3.63) is 66.4 Å². The van der Waals surface area contributed by atoms with E-state index >= 15 is 0 Å². The van der Waals surface area contributed by atoms with Crippen LogP contribution in [0.15, 0.2) is 60.8 Å². The van der Waals surface area contributed by atoms with Gasteiger partial charge in [-0.25, -0.2) is 4.79 Å². The number of fused-ring (bicyclic) bond motifs is 2. The molecule has 2 atom stereocenters. The minimum absolute atomic E-state index is 0.0682. The number of halogens is 6. The van der Waals surface area contributed by atoms with E-state index in [2.05, 4.69) is 10.3 Å². The van der Waals surface area contributed by atoms with E-state index in [1.807, 2.05) is 30.3 Å². The number of aromatic nitrogens is 1. The van der Waals surface area contributed by atoms with E-state index in [-0.39, 0.29) is 25.4 Å². The summed E-state index contributed by atoms with van der Waals surface area (Å²) in [5.74, 6) is -9.40. The predicted octanol–water partition coefficient (Wildman–Crippen LogP) is 3.63. The molecule has 4 rings (SSSR count). The highest BCUT2D eigenvalue weighted by Crippen LogP contribution is 2.34. The summed E-state index contributed by atoms with van der Waals surface area (Å²) in [4.78, 5) is 64.9. The van der Waals surface area contributed by atoms with Crippen LogP contribution < -0.4 is 20.7 Å². The number of carbonyl (C=O) groups is 5. The number of hydrogen-bond acceptors (Lipinski definition) is 9. The lowest BCUT2D eigenvalue weighted by molar-refractivity contribution is -0.192. The number of carbonyl (C=O) groups excluding carboxylic acids is 4. The summed E-state index contributed by atoms with van der Waals surface area (Å²) in [6.45, 7) is -0.151. The molecule has 0 spiro atoms. The number of pyridine rings is 1. The molecule has 0 bridgehead atoms. The van der Waals surface area contributed by atoms with Crippen LogP contribution in [-0.4, -0.2) is 76.1 Å². The van der Waals surface area contributed by atoms with Gasteiger partial charge in [0.15, 0.2) is 6.73 Å². The third-order valence-electron chi connectivity index (χ3n) is 6.55. The Labute approximate surface area is 266 Å². The quantitative estimate of drug-likeness (QED) is 0.145. The maximum absolute atomic E-state index is 13.5. The Balaban J connectivity index is 0.000000771. The summed E-state index contributed by atoms with van der Waals surface area (Å²) in [5.41, 5.74) is 7.45. The molecule has 47 heavy (non-hydrogen) atoms. The number of rotatable bonds is 12. The summed E-state index contributed by atoms with van der Waals surface area (Å²) in [6.07, 6.45) is -8.66. The van der Waals surface area contributed by atoms with Crippen molar-refractivity contribution in [2.24, 2.45) is 11.7 Å². The van der Waals surface area contributed by atoms with Crippen LogP contribution in [0.2, 0.25) is 0 Å². The number of benzene rings is 2. The van der Waals surface area contributed by atoms with Crippen LogP contribution in [-0.2, 0) is 30.5 Å². The predicted molar refractivity (Wildman–Crippen MR) is 156 cm³/mol. The Morgan fingerprint density at radius 2 is 1.64 bits per heavy atom. The molecule has 252 valence electrons. The third-order valence-corrected chi connectivity index (χ3v) is 7.54. The zero-order valence-electron chi connectivity index (χ0n) is 24.0. The van der Waals surface area contributed by atoms with Gasteiger partial charge >= 0.3 is 18.3 Å². The second kappa shape index (κ2) is 15.7. The van der Waals surface area contributed by atoms with Gasteiger partial charge in [0.25, 0.3) is 5.91 Å². The summed E-state index contributed by atoms with van der Waals surface area (Å²) >= 11 is 0.650. The van der Waals surface area contributed by atoms with Gasteiger partial charge in [-0.15, -0.1) is 0 Å². The molecular weight excluding hydrogens is 662 g/mol. The van der Waals surface area contributed by atoms with Crippen molar-refractivity contribution < 1.29 is 60.2 Å². The molecule has 1 aliphatic rings. The fourth-order valence-corrected chi connectivity index (χ4v) is 5.17. The number of anilines is 1. The first kappa shape index (κ1) is 36.8. The van der Waals surface area contributed by atoms with Gasteiger partial charge < -0.3 is 20.9 Å². The van der Waals surface area contributed by atoms with Gasteiger partial charge in [-0.3, -0.25) is 29.1 Å². The van der Waals surface area contributed by atoms with E-state index in [1.54, 1.807) is 30.5 Å². The highest BCUT2D eigenvalue weighted by molar-refractivity contribution is 7.99. The number of amides is 2. The van der Waals surface area contributed by atoms with Crippen LogP contribution in [0, 0.1) is 5.92 Å². The van der Waals surface area contributed by atoms with Crippen molar-refractivity contribution in [3.8, 4) is 5.75 Å². The Hall–Kier alpha value is -4.71. The summed E-state index contributed by atoms with van der Waals surface area (Å²) in [6, 6.07) is 14.5. The van der Waals surface area contributed by atoms with Crippen LogP contribution in [0.3, 0.4) is 0 Å². The lowest BCUT2D eigenvalue weighted by atomic mass is 9.90. The standard InChI is InChI=1S/C27H25F3N4O5S.C2HF3O2/c28-27(29,30)22(35)14-40-10-9-18(24(36)26(38)34-15-39-21-8-4-3-7-20(21)34)23(25(31)37)33-13-16-11-17-5-1-2-6-19(17)32-12-16;3-2(4,5)1(6)7/h1-8,11-12,18,23,33H,9-10,13-15H2,(H2,31,37);(H,6,7)/t18?,23-;/m0./s1. The van der Waals surface area contributed by atoms with E-state index in [1.165, 1.54) is 0 Å². The zero-order valence-corrected chi connectivity index (χ0v) is 24.8. The van der Waals surface area contributed by atoms with Gasteiger partial charge in [0, 0.05) is 18.1 Å². The lowest BCUT2D eigenvalue weighted by Gasteiger charge is -2.26. The van der Waals surface area contributed by atoms with Crippen molar-refractivity contribution >= 4 is 57.7 Å². The molecule has 0 saturated carbocycles. The molecule has 11 nitrogen and oxygen atoms in total. The molecule has 0 radical (unpaired) electrons. The number of ketones is 2. The Kier molecular flexibility index (Phi) is 12.3. The number of thioether (sulfide) groups is 1. The molecule has 1 aliphatic heterocycles. The number of Topliss-reactive ketones (excluding diaryl/α,β-unsaturated/α-hetero) is 2. The monoisotopic (exact) mass is 688 g/mol. The second-order valence-corrected chi connectivity index (χ2v) is 10.9. The summed E-state index contributed by atoms with van der Waals surface area (Å²) in [7, 11) is 0. The largest absolute Gasteiger partial charge is 0.490 e. The van der Waals surface area contributed by atoms with Gasteiger partial charge in [0.2, 0.25) is 17.5 Å². The van der Waals surface area contributed by atoms with Crippen LogP contribution in [0.1, 0.15) is 12.0 Å². The zero-order chi connectivity index (χ0) is 34.9. The molecule has 18 heteroatoms. The number of nitrogens with one attached hydrogen (secondary N) is 1. The van der Waals surface area contributed by atoms with E-state index < -0.39 is 59.4 Å². The SMILES string of the molecule is NC(=O)[C@@H](NCc1cnc2ccccc2c1)C(CCSCC(=O)C(F)(F)F)C(=O)C(=O)N1COc2ccccc21.O=C(O)C(F)(F)F. The van der Waals surface area contributed by atoms with E-state index in [9.17, 15) is 45.5 Å². The van der Waals surface area contributed by atoms with E-state index in [0.717, 1.165) is 15.8 Å². The fraction of sp³-hybridized carbons (Fsp3) is 0.310. The number of ether oxygens (including phenoxy) is 1. The highest BCUT2D eigenvalue weighted by atomic mass is 32.2. The Bertz CT molecular complexity index is 1640. The summed E-state index contributed by atoms with van der Waals surface area (Å²) < 4.78 is 75.0. The maximum Gasteiger partial charge on any atom is 0.490 e. The van der Waals surface area contributed by atoms with Crippen LogP contribution >= 0.6 is 11.8 Å². The third kappa shape index (κ3) is 10.1. The second-order valence-electron chi connectivity index (χ2n) is 9.81. The first-order chi connectivity index (χ1) is 22.0. The molecule has 1 aromatic heterocycles. The number of carboxylic acid groups (broad SMARTS) is 1. The molecule has 0 saturated heterocycles. The number of alkyl halides is 6. The van der Waals surface area contributed by atoms with Gasteiger partial charge in [0.1, 0.15) is 5.75 Å². The van der Waals surface area contributed by atoms with Gasteiger partial charge in [-0.2, -0.15) is 38.1 Å². The van der Waals surface area contributed by atoms with Crippen LogP contribution in [0.5, 0.6) is 5.75 Å². The van der Waals surface area contributed by atoms with Crippen molar-refractivity contribution in [3.63, 3.8) is 0 Å². The Morgan fingerprint density at radius 1 is 1.00 bits per heavy atom. The van der Waals surface area contributed by atoms with Crippen molar-refractivity contribution in [2.75, 3.05) is 23.1 Å². The van der Waals surface area contributed by atoms with Crippen molar-refractivity contribution in [1.29, 1.82) is 0 Å². The van der Waals surface area contributed by atoms with Crippen LogP contribution in [0.25, 0.3) is 10.9 Å². The number of hydrogen-bond donors (Lipinski definition) is 3. The molecule has 4 N–H and O–H groups in total. The van der Waals surface area contributed by atoms with Crippen LogP contribution in [0.4, 0.5) is 32.0 Å². The molecular formula is C29H26F6N4O7S. The topological polar surface area (TPSA) is 169 Å². The smallest absolute Gasteiger partial charge is 0.475 e. The maximum atomic E-state index is 13.5. The average Bonchev–Trinajstić information content (AvgIpc) is 3.44. The van der Waals surface area contributed by atoms with Gasteiger partial charge in [-0.1, -0.05) is 30.3 Å². The minimum atomic E-state index is -5.08. The molecule has 0 aliphatic carbocycles. The highest BCUT2D eigenvalue weighted by Gasteiger charge is 2.41. The number of carboxylic acids is 1. The molecule has 3 aromatic rings. The summed E-state index contributed by atoms with van der Waals surface area (Å²) in [5, 5.41) is 10.9. The number of nitrogens with zero attached hydrogens (tertiary/aromatic N) is 2. The van der Waals surface area contributed by atoms with Gasteiger partial charge in [-0.05, 0) is 42.0 Å². The van der Waals surface area contributed by atoms with Gasteiger partial charge in [0.05, 0.1) is 28.9 Å². The average molecular weight is 689 g/mol. The number of aliphatic carboxylic acids is 1. The number of nitrogens with two attached hydrogens (primary N) is 1. The molecule has 2 amide bonds. The first-order valence-electron chi connectivity index (χ1n) is 13.4. The minimum Gasteiger partial charge on any atom is -0.475 e. The van der Waals surface area contributed by atoms with E-state index in [4.69, 9.17) is 20.4 Å². The van der Waals surface area contributed by atoms with Crippen molar-refractivity contribution in [1.82, 2.24) is 10.3 Å². The molecule has 2 aromatic carbocycles. The fourth-order valence-electron chi connectivity index (χ4n) is 4.25. The molecule has 1 unspecified atom stereocenters. The number of primary amides is 1. The number of para-hydroxylation sites is 3. The van der Waals surface area contributed by atoms with E-state index in [0.29, 0.717) is 28.8 Å². The Morgan fingerprint density at radius 3 is 2.28 bits per heavy atom. The normalized spacial score (nSPS) is 13.9. The molecule has 0 fully saturated rings.